The molecule has 2 heterocycles. The van der Waals surface area contributed by atoms with Crippen LogP contribution < -0.4 is 4.90 Å². The van der Waals surface area contributed by atoms with Gasteiger partial charge in [-0.05, 0) is 42.8 Å². The monoisotopic (exact) mass is 479 g/mol. The van der Waals surface area contributed by atoms with Crippen molar-refractivity contribution in [2.24, 2.45) is 11.3 Å². The zero-order valence-electron chi connectivity index (χ0n) is 18.3. The number of hydrogen-bond donors (Lipinski definition) is 0. The lowest BCUT2D eigenvalue weighted by molar-refractivity contribution is -0.137. The van der Waals surface area contributed by atoms with Crippen LogP contribution in [-0.2, 0) is 10.9 Å². The molecule has 0 saturated carbocycles. The van der Waals surface area contributed by atoms with E-state index in [0.717, 1.165) is 18.2 Å². The lowest BCUT2D eigenvalue weighted by Gasteiger charge is -2.43. The van der Waals surface area contributed by atoms with Gasteiger partial charge in [0.15, 0.2) is 11.6 Å². The maximum atomic E-state index is 13.6. The Morgan fingerprint density at radius 1 is 1.18 bits per heavy atom. The number of halogens is 5. The fourth-order valence-corrected chi connectivity index (χ4v) is 5.06. The number of amides is 1. The van der Waals surface area contributed by atoms with Gasteiger partial charge in [0.1, 0.15) is 0 Å². The second-order valence-electron chi connectivity index (χ2n) is 8.84. The van der Waals surface area contributed by atoms with Gasteiger partial charge in [-0.25, -0.2) is 8.78 Å². The van der Waals surface area contributed by atoms with Crippen molar-refractivity contribution in [3.8, 4) is 6.07 Å². The number of piperidine rings is 1. The van der Waals surface area contributed by atoms with E-state index in [1.165, 1.54) is 18.2 Å². The van der Waals surface area contributed by atoms with Crippen molar-refractivity contribution >= 4 is 11.6 Å². The first kappa shape index (κ1) is 24.0. The minimum atomic E-state index is -4.66. The van der Waals surface area contributed by atoms with Crippen molar-refractivity contribution in [1.29, 1.82) is 5.26 Å². The molecule has 34 heavy (non-hydrogen) atoms. The molecular weight excluding hydrogens is 457 g/mol. The lowest BCUT2D eigenvalue weighted by Crippen LogP contribution is -2.50. The Kier molecular flexibility index (Phi) is 6.25. The minimum absolute atomic E-state index is 0.0369. The zero-order chi connectivity index (χ0) is 24.7. The van der Waals surface area contributed by atoms with Gasteiger partial charge >= 0.3 is 6.18 Å². The third-order valence-corrected chi connectivity index (χ3v) is 6.81. The molecule has 10 heteroatoms. The summed E-state index contributed by atoms with van der Waals surface area (Å²) in [6.07, 6.45) is -4.12. The van der Waals surface area contributed by atoms with Crippen molar-refractivity contribution in [2.75, 3.05) is 44.8 Å². The molecule has 0 unspecified atom stereocenters. The molecule has 0 aliphatic carbocycles. The number of hydrogen-bond acceptors (Lipinski definition) is 4. The molecule has 2 aliphatic rings. The Bertz CT molecular complexity index is 1150. The van der Waals surface area contributed by atoms with Crippen molar-refractivity contribution in [3.05, 3.63) is 64.7 Å². The minimum Gasteiger partial charge on any atom is -0.384 e. The maximum Gasteiger partial charge on any atom is 0.417 e. The molecule has 1 amide bonds. The third kappa shape index (κ3) is 4.32. The molecular formula is C24H22F5N3O2. The summed E-state index contributed by atoms with van der Waals surface area (Å²) in [5, 5.41) is 9.06. The molecule has 2 aromatic rings. The summed E-state index contributed by atoms with van der Waals surface area (Å²) in [7, 11) is 1.55. The average molecular weight is 479 g/mol. The van der Waals surface area contributed by atoms with Crippen LogP contribution in [0.3, 0.4) is 0 Å². The predicted octanol–water partition coefficient (Wildman–Crippen LogP) is 4.47. The van der Waals surface area contributed by atoms with Gasteiger partial charge in [0, 0.05) is 55.9 Å². The number of anilines is 1. The van der Waals surface area contributed by atoms with Crippen LogP contribution in [0.1, 0.15) is 27.9 Å². The zero-order valence-corrected chi connectivity index (χ0v) is 18.3. The number of carbonyl (C=O) groups is 1. The SMILES string of the molecule is COC[C@@]12CCN(C(=O)c3ccc(F)c(F)c3)C[C@@H]1CN(c1ccc(C#N)c(C(F)(F)F)c1)C2. The summed E-state index contributed by atoms with van der Waals surface area (Å²) in [5.41, 5.74) is -1.43. The summed E-state index contributed by atoms with van der Waals surface area (Å²) >= 11 is 0. The Hall–Kier alpha value is -3.19. The summed E-state index contributed by atoms with van der Waals surface area (Å²) in [5.74, 6) is -2.69. The molecule has 0 radical (unpaired) electrons. The Labute approximate surface area is 193 Å². The van der Waals surface area contributed by atoms with Crippen LogP contribution >= 0.6 is 0 Å². The molecule has 0 aromatic heterocycles. The first-order chi connectivity index (χ1) is 16.1. The topological polar surface area (TPSA) is 56.6 Å². The number of benzene rings is 2. The van der Waals surface area contributed by atoms with Crippen molar-refractivity contribution in [2.45, 2.75) is 12.6 Å². The molecule has 180 valence electrons. The van der Waals surface area contributed by atoms with Gasteiger partial charge < -0.3 is 14.5 Å². The molecule has 2 aromatic carbocycles. The Balaban J connectivity index is 1.59. The fraction of sp³-hybridized carbons (Fsp3) is 0.417. The molecule has 0 spiro atoms. The van der Waals surface area contributed by atoms with E-state index in [4.69, 9.17) is 10.00 Å². The fourth-order valence-electron chi connectivity index (χ4n) is 5.06. The normalized spacial score (nSPS) is 22.4. The predicted molar refractivity (Wildman–Crippen MR) is 113 cm³/mol. The summed E-state index contributed by atoms with van der Waals surface area (Å²) in [4.78, 5) is 16.3. The van der Waals surface area contributed by atoms with E-state index in [9.17, 15) is 26.7 Å². The van der Waals surface area contributed by atoms with Crippen LogP contribution in [-0.4, -0.2) is 50.7 Å². The number of nitriles is 1. The molecule has 4 rings (SSSR count). The van der Waals surface area contributed by atoms with E-state index < -0.39 is 34.8 Å². The average Bonchev–Trinajstić information content (AvgIpc) is 3.18. The van der Waals surface area contributed by atoms with Gasteiger partial charge in [-0.1, -0.05) is 0 Å². The number of rotatable bonds is 4. The molecule has 2 fully saturated rings. The highest BCUT2D eigenvalue weighted by atomic mass is 19.4. The number of nitrogens with zero attached hydrogens (tertiary/aromatic N) is 3. The molecule has 0 N–H and O–H groups in total. The number of likely N-dealkylation sites (tertiary alicyclic amines) is 1. The molecule has 2 aliphatic heterocycles. The van der Waals surface area contributed by atoms with Crippen molar-refractivity contribution in [1.82, 2.24) is 4.90 Å². The van der Waals surface area contributed by atoms with Gasteiger partial charge in [-0.2, -0.15) is 18.4 Å². The maximum absolute atomic E-state index is 13.6. The van der Waals surface area contributed by atoms with Crippen LogP contribution in [0.4, 0.5) is 27.6 Å². The van der Waals surface area contributed by atoms with E-state index in [1.54, 1.807) is 18.1 Å². The third-order valence-electron chi connectivity index (χ3n) is 6.81. The molecule has 2 atom stereocenters. The molecule has 5 nitrogen and oxygen atoms in total. The second kappa shape index (κ2) is 8.87. The van der Waals surface area contributed by atoms with Crippen LogP contribution in [0.5, 0.6) is 0 Å². The smallest absolute Gasteiger partial charge is 0.384 e. The van der Waals surface area contributed by atoms with E-state index in [2.05, 4.69) is 0 Å². The van der Waals surface area contributed by atoms with Gasteiger partial charge in [-0.3, -0.25) is 4.79 Å². The van der Waals surface area contributed by atoms with Crippen molar-refractivity contribution < 1.29 is 31.5 Å². The Morgan fingerprint density at radius 3 is 2.59 bits per heavy atom. The summed E-state index contributed by atoms with van der Waals surface area (Å²) < 4.78 is 72.7. The highest BCUT2D eigenvalue weighted by Crippen LogP contribution is 2.45. The first-order valence-electron chi connectivity index (χ1n) is 10.7. The summed E-state index contributed by atoms with van der Waals surface area (Å²) in [6, 6.07) is 8.24. The number of ether oxygens (including phenoxy) is 1. The largest absolute Gasteiger partial charge is 0.417 e. The standard InChI is InChI=1S/C24H22F5N3O2/c1-34-14-23-6-7-31(22(33)15-3-5-20(25)21(26)8-15)11-17(23)12-32(13-23)18-4-2-16(10-30)19(9-18)24(27,28)29/h2-5,8-9,17H,6-7,11-14H2,1H3/t17-,23+/m1/s1. The van der Waals surface area contributed by atoms with E-state index in [0.29, 0.717) is 44.9 Å². The number of fused-ring (bicyclic) bond motifs is 1. The lowest BCUT2D eigenvalue weighted by atomic mass is 9.73. The van der Waals surface area contributed by atoms with Gasteiger partial charge in [-0.15, -0.1) is 0 Å². The van der Waals surface area contributed by atoms with Gasteiger partial charge in [0.25, 0.3) is 5.91 Å². The second-order valence-corrected chi connectivity index (χ2v) is 8.84. The van der Waals surface area contributed by atoms with Crippen LogP contribution in [0.15, 0.2) is 36.4 Å². The number of carbonyl (C=O) groups excluding carboxylic acids is 1. The van der Waals surface area contributed by atoms with Crippen LogP contribution in [0, 0.1) is 34.3 Å². The van der Waals surface area contributed by atoms with Gasteiger partial charge in [0.2, 0.25) is 0 Å². The number of methoxy groups -OCH3 is 1. The molecule has 2 saturated heterocycles. The summed E-state index contributed by atoms with van der Waals surface area (Å²) in [6.45, 7) is 1.84. The molecule has 0 bridgehead atoms. The highest BCUT2D eigenvalue weighted by Gasteiger charge is 2.50. The number of alkyl halides is 3. The quantitative estimate of drug-likeness (QED) is 0.608. The van der Waals surface area contributed by atoms with Crippen LogP contribution in [0.25, 0.3) is 0 Å². The highest BCUT2D eigenvalue weighted by molar-refractivity contribution is 5.94. The van der Waals surface area contributed by atoms with Gasteiger partial charge in [0.05, 0.1) is 23.8 Å². The van der Waals surface area contributed by atoms with E-state index >= 15 is 0 Å². The van der Waals surface area contributed by atoms with Crippen molar-refractivity contribution in [3.63, 3.8) is 0 Å². The van der Waals surface area contributed by atoms with E-state index in [-0.39, 0.29) is 16.9 Å². The Morgan fingerprint density at radius 2 is 1.94 bits per heavy atom. The van der Waals surface area contributed by atoms with E-state index in [1.807, 2.05) is 4.90 Å². The first-order valence-corrected chi connectivity index (χ1v) is 10.7. The van der Waals surface area contributed by atoms with Crippen LogP contribution in [0.2, 0.25) is 0 Å².